The SMILES string of the molecule is COC(=O)c1ccnc(SC(C)CCO)c1N. The number of carbonyl (C=O) groups is 1. The largest absolute Gasteiger partial charge is 0.465 e. The summed E-state index contributed by atoms with van der Waals surface area (Å²) in [6, 6.07) is 1.53. The van der Waals surface area contributed by atoms with Crippen molar-refractivity contribution in [2.45, 2.75) is 23.6 Å². The Kier molecular flexibility index (Phi) is 5.24. The summed E-state index contributed by atoms with van der Waals surface area (Å²) in [5, 5.41) is 9.60. The van der Waals surface area contributed by atoms with Gasteiger partial charge < -0.3 is 15.6 Å². The topological polar surface area (TPSA) is 85.4 Å². The molecule has 0 aliphatic heterocycles. The van der Waals surface area contributed by atoms with Gasteiger partial charge in [-0.3, -0.25) is 0 Å². The Balaban J connectivity index is 2.90. The third kappa shape index (κ3) is 3.61. The van der Waals surface area contributed by atoms with Crippen LogP contribution in [0.1, 0.15) is 23.7 Å². The smallest absolute Gasteiger partial charge is 0.340 e. The summed E-state index contributed by atoms with van der Waals surface area (Å²) in [6.07, 6.45) is 2.17. The Hall–Kier alpha value is -1.27. The third-order valence-corrected chi connectivity index (χ3v) is 3.39. The van der Waals surface area contributed by atoms with Gasteiger partial charge in [0.1, 0.15) is 5.03 Å². The Bertz CT molecular complexity index is 398. The van der Waals surface area contributed by atoms with E-state index in [2.05, 4.69) is 9.72 Å². The monoisotopic (exact) mass is 256 g/mol. The number of rotatable bonds is 5. The van der Waals surface area contributed by atoms with Crippen LogP contribution in [0, 0.1) is 0 Å². The number of nitrogens with zero attached hydrogens (tertiary/aromatic N) is 1. The van der Waals surface area contributed by atoms with Gasteiger partial charge in [-0.1, -0.05) is 6.92 Å². The fourth-order valence-electron chi connectivity index (χ4n) is 1.27. The second kappa shape index (κ2) is 6.46. The zero-order valence-corrected chi connectivity index (χ0v) is 10.7. The standard InChI is InChI=1S/C11H16N2O3S/c1-7(4-6-14)17-10-9(12)8(3-5-13-10)11(15)16-2/h3,5,7,14H,4,6,12H2,1-2H3. The number of aliphatic hydroxyl groups excluding tert-OH is 1. The van der Waals surface area contributed by atoms with Gasteiger partial charge >= 0.3 is 5.97 Å². The minimum atomic E-state index is -0.471. The zero-order valence-electron chi connectivity index (χ0n) is 9.84. The van der Waals surface area contributed by atoms with Crippen LogP contribution in [-0.2, 0) is 4.74 Å². The molecule has 0 fully saturated rings. The van der Waals surface area contributed by atoms with Crippen LogP contribution in [0.5, 0.6) is 0 Å². The van der Waals surface area contributed by atoms with Crippen LogP contribution in [0.15, 0.2) is 17.3 Å². The molecule has 1 heterocycles. The van der Waals surface area contributed by atoms with Crippen molar-refractivity contribution >= 4 is 23.4 Å². The molecular weight excluding hydrogens is 240 g/mol. The Morgan fingerprint density at radius 3 is 3.00 bits per heavy atom. The van der Waals surface area contributed by atoms with Gasteiger partial charge in [0.25, 0.3) is 0 Å². The van der Waals surface area contributed by atoms with Gasteiger partial charge in [0.2, 0.25) is 0 Å². The van der Waals surface area contributed by atoms with Crippen LogP contribution >= 0.6 is 11.8 Å². The molecule has 94 valence electrons. The predicted molar refractivity (Wildman–Crippen MR) is 67.0 cm³/mol. The van der Waals surface area contributed by atoms with Crippen LogP contribution in [0.4, 0.5) is 5.69 Å². The molecule has 0 spiro atoms. The molecule has 0 saturated heterocycles. The molecule has 1 aromatic heterocycles. The number of thioether (sulfide) groups is 1. The highest BCUT2D eigenvalue weighted by Crippen LogP contribution is 2.30. The zero-order chi connectivity index (χ0) is 12.8. The van der Waals surface area contributed by atoms with Crippen LogP contribution < -0.4 is 5.73 Å². The van der Waals surface area contributed by atoms with E-state index in [0.717, 1.165) is 0 Å². The van der Waals surface area contributed by atoms with Gasteiger partial charge in [-0.05, 0) is 12.5 Å². The number of aromatic nitrogens is 1. The lowest BCUT2D eigenvalue weighted by Crippen LogP contribution is -2.08. The number of nitrogens with two attached hydrogens (primary N) is 1. The highest BCUT2D eigenvalue weighted by atomic mass is 32.2. The van der Waals surface area contributed by atoms with E-state index in [9.17, 15) is 4.79 Å². The fourth-order valence-corrected chi connectivity index (χ4v) is 2.23. The molecule has 0 saturated carbocycles. The van der Waals surface area contributed by atoms with Crippen molar-refractivity contribution in [3.05, 3.63) is 17.8 Å². The van der Waals surface area contributed by atoms with Crippen molar-refractivity contribution in [3.8, 4) is 0 Å². The molecule has 0 amide bonds. The first-order chi connectivity index (χ1) is 8.10. The van der Waals surface area contributed by atoms with E-state index in [-0.39, 0.29) is 11.9 Å². The van der Waals surface area contributed by atoms with Crippen LogP contribution in [0.2, 0.25) is 0 Å². The Morgan fingerprint density at radius 2 is 2.41 bits per heavy atom. The molecule has 0 bridgehead atoms. The van der Waals surface area contributed by atoms with E-state index in [1.165, 1.54) is 31.1 Å². The number of hydrogen-bond acceptors (Lipinski definition) is 6. The number of pyridine rings is 1. The number of anilines is 1. The maximum atomic E-state index is 11.4. The van der Waals surface area contributed by atoms with E-state index in [1.807, 2.05) is 6.92 Å². The normalized spacial score (nSPS) is 12.2. The maximum absolute atomic E-state index is 11.4. The van der Waals surface area contributed by atoms with Gasteiger partial charge in [-0.15, -0.1) is 11.8 Å². The highest BCUT2D eigenvalue weighted by molar-refractivity contribution is 8.00. The fraction of sp³-hybridized carbons (Fsp3) is 0.455. The summed E-state index contributed by atoms with van der Waals surface area (Å²) in [7, 11) is 1.31. The van der Waals surface area contributed by atoms with Crippen molar-refractivity contribution in [1.82, 2.24) is 4.98 Å². The van der Waals surface area contributed by atoms with Gasteiger partial charge in [0.15, 0.2) is 0 Å². The second-order valence-electron chi connectivity index (χ2n) is 3.51. The molecule has 3 N–H and O–H groups in total. The number of aliphatic hydroxyl groups is 1. The molecule has 5 nitrogen and oxygen atoms in total. The first-order valence-corrected chi connectivity index (χ1v) is 6.08. The third-order valence-electron chi connectivity index (χ3n) is 2.21. The van der Waals surface area contributed by atoms with Crippen molar-refractivity contribution in [2.75, 3.05) is 19.5 Å². The number of hydrogen-bond donors (Lipinski definition) is 2. The van der Waals surface area contributed by atoms with Crippen molar-refractivity contribution in [1.29, 1.82) is 0 Å². The molecule has 1 aromatic rings. The average molecular weight is 256 g/mol. The van der Waals surface area contributed by atoms with Crippen molar-refractivity contribution in [2.24, 2.45) is 0 Å². The van der Waals surface area contributed by atoms with Gasteiger partial charge in [0.05, 0.1) is 18.4 Å². The molecule has 0 radical (unpaired) electrons. The lowest BCUT2D eigenvalue weighted by Gasteiger charge is -2.12. The number of methoxy groups -OCH3 is 1. The molecular formula is C11H16N2O3S. The van der Waals surface area contributed by atoms with E-state index < -0.39 is 5.97 Å². The van der Waals surface area contributed by atoms with Gasteiger partial charge in [-0.25, -0.2) is 9.78 Å². The summed E-state index contributed by atoms with van der Waals surface area (Å²) in [5.41, 5.74) is 6.51. The predicted octanol–water partition coefficient (Wildman–Crippen LogP) is 1.31. The van der Waals surface area contributed by atoms with E-state index in [0.29, 0.717) is 22.7 Å². The average Bonchev–Trinajstić information content (AvgIpc) is 2.31. The van der Waals surface area contributed by atoms with Crippen LogP contribution in [0.25, 0.3) is 0 Å². The molecule has 1 atom stereocenters. The summed E-state index contributed by atoms with van der Waals surface area (Å²) in [5.74, 6) is -0.471. The first-order valence-electron chi connectivity index (χ1n) is 5.20. The Morgan fingerprint density at radius 1 is 1.71 bits per heavy atom. The molecule has 0 aliphatic rings. The number of carbonyl (C=O) groups excluding carboxylic acids is 1. The quantitative estimate of drug-likeness (QED) is 0.610. The van der Waals surface area contributed by atoms with E-state index in [1.54, 1.807) is 0 Å². The number of esters is 1. The minimum absolute atomic E-state index is 0.116. The molecule has 6 heteroatoms. The molecule has 0 aliphatic carbocycles. The summed E-state index contributed by atoms with van der Waals surface area (Å²) >= 11 is 1.43. The molecule has 1 rings (SSSR count). The second-order valence-corrected chi connectivity index (χ2v) is 4.94. The van der Waals surface area contributed by atoms with Gasteiger partial charge in [-0.2, -0.15) is 0 Å². The Labute approximate surface area is 104 Å². The summed E-state index contributed by atoms with van der Waals surface area (Å²) in [4.78, 5) is 15.5. The molecule has 1 unspecified atom stereocenters. The number of nitrogen functional groups attached to an aromatic ring is 1. The van der Waals surface area contributed by atoms with Gasteiger partial charge in [0, 0.05) is 18.1 Å². The summed E-state index contributed by atoms with van der Waals surface area (Å²) in [6.45, 7) is 2.08. The van der Waals surface area contributed by atoms with E-state index in [4.69, 9.17) is 10.8 Å². The lowest BCUT2D eigenvalue weighted by molar-refractivity contribution is 0.0601. The van der Waals surface area contributed by atoms with Crippen molar-refractivity contribution in [3.63, 3.8) is 0 Å². The number of ether oxygens (including phenoxy) is 1. The molecule has 17 heavy (non-hydrogen) atoms. The minimum Gasteiger partial charge on any atom is -0.465 e. The highest BCUT2D eigenvalue weighted by Gasteiger charge is 2.15. The van der Waals surface area contributed by atoms with E-state index >= 15 is 0 Å². The van der Waals surface area contributed by atoms with Crippen LogP contribution in [-0.4, -0.2) is 35.0 Å². The van der Waals surface area contributed by atoms with Crippen molar-refractivity contribution < 1.29 is 14.6 Å². The summed E-state index contributed by atoms with van der Waals surface area (Å²) < 4.78 is 4.63. The first kappa shape index (κ1) is 13.8. The maximum Gasteiger partial charge on any atom is 0.340 e. The lowest BCUT2D eigenvalue weighted by atomic mass is 10.2. The van der Waals surface area contributed by atoms with Crippen LogP contribution in [0.3, 0.4) is 0 Å². The molecule has 0 aromatic carbocycles.